The minimum Gasteiger partial charge on any atom is -0.497 e. The molecule has 0 radical (unpaired) electrons. The lowest BCUT2D eigenvalue weighted by molar-refractivity contribution is 0.413. The molecule has 5 heteroatoms. The van der Waals surface area contributed by atoms with Crippen molar-refractivity contribution in [3.05, 3.63) is 18.2 Å². The largest absolute Gasteiger partial charge is 0.497 e. The van der Waals surface area contributed by atoms with Crippen LogP contribution in [0, 0.1) is 16.7 Å². The summed E-state index contributed by atoms with van der Waals surface area (Å²) in [4.78, 5) is 0.610. The second kappa shape index (κ2) is 4.99. The number of rotatable bonds is 5. The third-order valence-electron chi connectivity index (χ3n) is 3.31. The Kier molecular flexibility index (Phi) is 3.58. The topological polar surface area (TPSA) is 76.1 Å². The summed E-state index contributed by atoms with van der Waals surface area (Å²) in [6.07, 6.45) is 2.44. The van der Waals surface area contributed by atoms with Crippen LogP contribution in [-0.2, 0) is 10.8 Å². The molecule has 2 rings (SSSR count). The van der Waals surface area contributed by atoms with Gasteiger partial charge in [0.05, 0.1) is 28.9 Å². The van der Waals surface area contributed by atoms with Gasteiger partial charge in [-0.25, -0.2) is 0 Å². The van der Waals surface area contributed by atoms with Crippen LogP contribution >= 0.6 is 0 Å². The highest BCUT2D eigenvalue weighted by atomic mass is 32.2. The van der Waals surface area contributed by atoms with E-state index < -0.39 is 10.8 Å². The number of hydrogen-bond acceptors (Lipinski definition) is 4. The van der Waals surface area contributed by atoms with Crippen molar-refractivity contribution in [2.24, 2.45) is 5.41 Å². The van der Waals surface area contributed by atoms with Gasteiger partial charge in [-0.1, -0.05) is 0 Å². The third kappa shape index (κ3) is 2.65. The molecule has 4 nitrogen and oxygen atoms in total. The summed E-state index contributed by atoms with van der Waals surface area (Å²) >= 11 is 0. The molecular weight excluding hydrogens is 248 g/mol. The smallest absolute Gasteiger partial charge is 0.120 e. The standard InChI is InChI=1S/C13H16N2O2S/c1-17-10-2-3-11(15)12(8-10)18(16)9-13(4-5-13)6-7-14/h2-3,8H,4-6,9,15H2,1H3. The maximum absolute atomic E-state index is 12.3. The normalized spacial score (nSPS) is 17.8. The molecule has 0 spiro atoms. The van der Waals surface area contributed by atoms with Crippen LogP contribution in [0.1, 0.15) is 19.3 Å². The molecule has 1 unspecified atom stereocenters. The molecule has 1 aliphatic carbocycles. The fourth-order valence-corrected chi connectivity index (χ4v) is 3.59. The molecule has 96 valence electrons. The van der Waals surface area contributed by atoms with Gasteiger partial charge in [0.2, 0.25) is 0 Å². The van der Waals surface area contributed by atoms with Crippen molar-refractivity contribution in [2.45, 2.75) is 24.2 Å². The first-order valence-corrected chi connectivity index (χ1v) is 7.11. The number of nitrogen functional groups attached to an aromatic ring is 1. The first-order valence-electron chi connectivity index (χ1n) is 5.79. The zero-order valence-corrected chi connectivity index (χ0v) is 11.1. The fraction of sp³-hybridized carbons (Fsp3) is 0.462. The molecule has 0 aliphatic heterocycles. The number of hydrogen-bond donors (Lipinski definition) is 1. The Labute approximate surface area is 109 Å². The van der Waals surface area contributed by atoms with E-state index in [2.05, 4.69) is 6.07 Å². The van der Waals surface area contributed by atoms with E-state index in [1.807, 2.05) is 0 Å². The van der Waals surface area contributed by atoms with Crippen LogP contribution in [0.15, 0.2) is 23.1 Å². The van der Waals surface area contributed by atoms with Crippen molar-refractivity contribution in [3.8, 4) is 11.8 Å². The van der Waals surface area contributed by atoms with E-state index in [0.717, 1.165) is 12.8 Å². The molecule has 18 heavy (non-hydrogen) atoms. The van der Waals surface area contributed by atoms with Gasteiger partial charge in [-0.15, -0.1) is 0 Å². The molecule has 1 saturated carbocycles. The van der Waals surface area contributed by atoms with E-state index in [1.165, 1.54) is 0 Å². The van der Waals surface area contributed by atoms with E-state index in [0.29, 0.717) is 28.5 Å². The Morgan fingerprint density at radius 3 is 2.83 bits per heavy atom. The molecule has 2 N–H and O–H groups in total. The molecular formula is C13H16N2O2S. The molecule has 0 saturated heterocycles. The molecule has 0 bridgehead atoms. The molecule has 1 atom stereocenters. The maximum Gasteiger partial charge on any atom is 0.120 e. The second-order valence-corrected chi connectivity index (χ2v) is 6.15. The molecule has 1 fully saturated rings. The van der Waals surface area contributed by atoms with Gasteiger partial charge in [0, 0.05) is 17.9 Å². The number of methoxy groups -OCH3 is 1. The van der Waals surface area contributed by atoms with Gasteiger partial charge in [0.25, 0.3) is 0 Å². The molecule has 0 heterocycles. The van der Waals surface area contributed by atoms with Gasteiger partial charge in [0.1, 0.15) is 5.75 Å². The highest BCUT2D eigenvalue weighted by molar-refractivity contribution is 7.85. The van der Waals surface area contributed by atoms with Crippen molar-refractivity contribution >= 4 is 16.5 Å². The Morgan fingerprint density at radius 2 is 2.28 bits per heavy atom. The number of anilines is 1. The Bertz CT molecular complexity index is 518. The Morgan fingerprint density at radius 1 is 1.56 bits per heavy atom. The number of benzene rings is 1. The van der Waals surface area contributed by atoms with Crippen molar-refractivity contribution in [1.29, 1.82) is 5.26 Å². The van der Waals surface area contributed by atoms with Crippen LogP contribution in [0.4, 0.5) is 5.69 Å². The minimum absolute atomic E-state index is 0.0465. The Hall–Kier alpha value is -1.54. The number of ether oxygens (including phenoxy) is 1. The molecule has 1 aliphatic rings. The van der Waals surface area contributed by atoms with Crippen LogP contribution in [0.2, 0.25) is 0 Å². The summed E-state index contributed by atoms with van der Waals surface area (Å²) in [7, 11) is 0.394. The highest BCUT2D eigenvalue weighted by Gasteiger charge is 2.44. The fourth-order valence-electron chi connectivity index (χ4n) is 1.91. The van der Waals surface area contributed by atoms with E-state index >= 15 is 0 Å². The summed E-state index contributed by atoms with van der Waals surface area (Å²) in [6.45, 7) is 0. The van der Waals surface area contributed by atoms with E-state index in [-0.39, 0.29) is 5.41 Å². The van der Waals surface area contributed by atoms with Crippen LogP contribution in [0.25, 0.3) is 0 Å². The molecule has 0 amide bonds. The predicted octanol–water partition coefficient (Wildman–Crippen LogP) is 2.08. The summed E-state index contributed by atoms with van der Waals surface area (Å²) < 4.78 is 17.4. The highest BCUT2D eigenvalue weighted by Crippen LogP contribution is 2.49. The van der Waals surface area contributed by atoms with Gasteiger partial charge in [-0.2, -0.15) is 5.26 Å². The van der Waals surface area contributed by atoms with Gasteiger partial charge in [-0.05, 0) is 36.5 Å². The molecule has 1 aromatic carbocycles. The minimum atomic E-state index is -1.17. The Balaban J connectivity index is 2.16. The predicted molar refractivity (Wildman–Crippen MR) is 70.6 cm³/mol. The first kappa shape index (κ1) is 12.9. The maximum atomic E-state index is 12.3. The van der Waals surface area contributed by atoms with Crippen molar-refractivity contribution in [1.82, 2.24) is 0 Å². The zero-order chi connectivity index (χ0) is 13.2. The van der Waals surface area contributed by atoms with Crippen molar-refractivity contribution in [2.75, 3.05) is 18.6 Å². The summed E-state index contributed by atoms with van der Waals surface area (Å²) in [5.41, 5.74) is 6.31. The van der Waals surface area contributed by atoms with Gasteiger partial charge in [-0.3, -0.25) is 4.21 Å². The summed E-state index contributed by atoms with van der Waals surface area (Å²) in [5.74, 6) is 1.16. The van der Waals surface area contributed by atoms with Crippen LogP contribution in [0.3, 0.4) is 0 Å². The number of nitriles is 1. The SMILES string of the molecule is COc1ccc(N)c(S(=O)CC2(CC#N)CC2)c1. The van der Waals surface area contributed by atoms with Gasteiger partial charge in [0.15, 0.2) is 0 Å². The lowest BCUT2D eigenvalue weighted by Crippen LogP contribution is -2.13. The van der Waals surface area contributed by atoms with Crippen LogP contribution in [-0.4, -0.2) is 17.1 Å². The van der Waals surface area contributed by atoms with Gasteiger partial charge >= 0.3 is 0 Å². The molecule has 1 aromatic rings. The zero-order valence-electron chi connectivity index (χ0n) is 10.3. The monoisotopic (exact) mass is 264 g/mol. The van der Waals surface area contributed by atoms with Crippen LogP contribution in [0.5, 0.6) is 5.75 Å². The average molecular weight is 264 g/mol. The molecule has 0 aromatic heterocycles. The van der Waals surface area contributed by atoms with E-state index in [4.69, 9.17) is 15.7 Å². The van der Waals surface area contributed by atoms with E-state index in [9.17, 15) is 4.21 Å². The van der Waals surface area contributed by atoms with Crippen LogP contribution < -0.4 is 10.5 Å². The summed E-state index contributed by atoms with van der Waals surface area (Å²) in [6, 6.07) is 7.34. The van der Waals surface area contributed by atoms with Crippen molar-refractivity contribution in [3.63, 3.8) is 0 Å². The average Bonchev–Trinajstić information content (AvgIpc) is 3.09. The van der Waals surface area contributed by atoms with E-state index in [1.54, 1.807) is 25.3 Å². The second-order valence-electron chi connectivity index (χ2n) is 4.73. The van der Waals surface area contributed by atoms with Gasteiger partial charge < -0.3 is 10.5 Å². The number of nitrogens with zero attached hydrogens (tertiary/aromatic N) is 1. The first-order chi connectivity index (χ1) is 8.60. The lowest BCUT2D eigenvalue weighted by atomic mass is 10.1. The summed E-state index contributed by atoms with van der Waals surface area (Å²) in [5, 5.41) is 8.77. The van der Waals surface area contributed by atoms with Crippen molar-refractivity contribution < 1.29 is 8.95 Å². The number of nitrogens with two attached hydrogens (primary N) is 1. The quantitative estimate of drug-likeness (QED) is 0.826. The third-order valence-corrected chi connectivity index (χ3v) is 5.03. The lowest BCUT2D eigenvalue weighted by Gasteiger charge is -2.12.